The molecular formula is C14H11ClN4. The summed E-state index contributed by atoms with van der Waals surface area (Å²) >= 11 is 6.17. The fourth-order valence-electron chi connectivity index (χ4n) is 1.93. The minimum Gasteiger partial charge on any atom is -0.399 e. The molecule has 19 heavy (non-hydrogen) atoms. The van der Waals surface area contributed by atoms with Crippen molar-refractivity contribution in [1.82, 2.24) is 9.97 Å². The molecule has 2 aromatic carbocycles. The van der Waals surface area contributed by atoms with Gasteiger partial charge in [0.25, 0.3) is 0 Å². The number of nitrogen functional groups attached to an aromatic ring is 2. The van der Waals surface area contributed by atoms with Gasteiger partial charge in [0.1, 0.15) is 5.82 Å². The minimum absolute atomic E-state index is 0.438. The Labute approximate surface area is 115 Å². The standard InChI is InChI=1S/C14H11ClN4/c15-11-7-8(16)5-6-9(11)14-18-12-4-2-1-3-10(12)13(17)19-14/h1-7H,16H2,(H2,17,18,19). The van der Waals surface area contributed by atoms with Crippen molar-refractivity contribution in [1.29, 1.82) is 0 Å². The van der Waals surface area contributed by atoms with E-state index in [1.165, 1.54) is 0 Å². The Morgan fingerprint density at radius 3 is 2.53 bits per heavy atom. The first-order valence-electron chi connectivity index (χ1n) is 5.73. The fourth-order valence-corrected chi connectivity index (χ4v) is 2.21. The summed E-state index contributed by atoms with van der Waals surface area (Å²) < 4.78 is 0. The van der Waals surface area contributed by atoms with Gasteiger partial charge in [-0.25, -0.2) is 9.97 Å². The third-order valence-corrected chi connectivity index (χ3v) is 3.18. The Kier molecular flexibility index (Phi) is 2.72. The van der Waals surface area contributed by atoms with E-state index >= 15 is 0 Å². The Morgan fingerprint density at radius 1 is 0.947 bits per heavy atom. The molecule has 0 radical (unpaired) electrons. The molecule has 3 aromatic rings. The van der Waals surface area contributed by atoms with Crippen molar-refractivity contribution in [3.63, 3.8) is 0 Å². The van der Waals surface area contributed by atoms with Crippen LogP contribution in [0.5, 0.6) is 0 Å². The molecule has 4 nitrogen and oxygen atoms in total. The number of anilines is 2. The highest BCUT2D eigenvalue weighted by Gasteiger charge is 2.10. The number of halogens is 1. The van der Waals surface area contributed by atoms with E-state index in [-0.39, 0.29) is 0 Å². The summed E-state index contributed by atoms with van der Waals surface area (Å²) in [6, 6.07) is 12.8. The summed E-state index contributed by atoms with van der Waals surface area (Å²) in [7, 11) is 0. The van der Waals surface area contributed by atoms with Crippen molar-refractivity contribution in [2.24, 2.45) is 0 Å². The predicted octanol–water partition coefficient (Wildman–Crippen LogP) is 3.11. The first-order chi connectivity index (χ1) is 9.15. The quantitative estimate of drug-likeness (QED) is 0.666. The van der Waals surface area contributed by atoms with Crippen molar-refractivity contribution in [3.8, 4) is 11.4 Å². The Morgan fingerprint density at radius 2 is 1.74 bits per heavy atom. The highest BCUT2D eigenvalue weighted by Crippen LogP contribution is 2.29. The number of nitrogens with two attached hydrogens (primary N) is 2. The van der Waals surface area contributed by atoms with Crippen LogP contribution in [0.2, 0.25) is 5.02 Å². The van der Waals surface area contributed by atoms with Gasteiger partial charge < -0.3 is 11.5 Å². The molecule has 0 saturated carbocycles. The van der Waals surface area contributed by atoms with Crippen LogP contribution in [-0.2, 0) is 0 Å². The third kappa shape index (κ3) is 2.06. The zero-order valence-corrected chi connectivity index (χ0v) is 10.7. The van der Waals surface area contributed by atoms with E-state index in [2.05, 4.69) is 9.97 Å². The van der Waals surface area contributed by atoms with Crippen LogP contribution in [0.1, 0.15) is 0 Å². The minimum atomic E-state index is 0.438. The molecule has 0 saturated heterocycles. The second kappa shape index (κ2) is 4.40. The van der Waals surface area contributed by atoms with E-state index in [4.69, 9.17) is 23.1 Å². The van der Waals surface area contributed by atoms with E-state index < -0.39 is 0 Å². The summed E-state index contributed by atoms with van der Waals surface area (Å²) in [5.74, 6) is 0.940. The molecule has 1 heterocycles. The number of rotatable bonds is 1. The normalized spacial score (nSPS) is 10.8. The van der Waals surface area contributed by atoms with E-state index in [0.717, 1.165) is 10.9 Å². The van der Waals surface area contributed by atoms with Crippen molar-refractivity contribution in [2.45, 2.75) is 0 Å². The SMILES string of the molecule is Nc1ccc(-c2nc(N)c3ccccc3n2)c(Cl)c1. The molecule has 0 bridgehead atoms. The van der Waals surface area contributed by atoms with Crippen LogP contribution in [0.4, 0.5) is 11.5 Å². The number of benzene rings is 2. The lowest BCUT2D eigenvalue weighted by Crippen LogP contribution is -1.98. The van der Waals surface area contributed by atoms with Crippen LogP contribution in [0.3, 0.4) is 0 Å². The molecular weight excluding hydrogens is 260 g/mol. The average molecular weight is 271 g/mol. The Hall–Kier alpha value is -2.33. The Balaban J connectivity index is 2.25. The van der Waals surface area contributed by atoms with Gasteiger partial charge >= 0.3 is 0 Å². The molecule has 0 atom stereocenters. The summed E-state index contributed by atoms with van der Waals surface area (Å²) in [6.45, 7) is 0. The second-order valence-corrected chi connectivity index (χ2v) is 4.60. The van der Waals surface area contributed by atoms with Gasteiger partial charge in [0.2, 0.25) is 0 Å². The van der Waals surface area contributed by atoms with Gasteiger partial charge in [-0.2, -0.15) is 0 Å². The molecule has 0 fully saturated rings. The van der Waals surface area contributed by atoms with E-state index in [9.17, 15) is 0 Å². The first-order valence-corrected chi connectivity index (χ1v) is 6.10. The van der Waals surface area contributed by atoms with Gasteiger partial charge in [0.15, 0.2) is 5.82 Å². The zero-order valence-electron chi connectivity index (χ0n) is 9.97. The lowest BCUT2D eigenvalue weighted by Gasteiger charge is -2.07. The van der Waals surface area contributed by atoms with Crippen LogP contribution in [0.15, 0.2) is 42.5 Å². The molecule has 3 rings (SSSR count). The maximum atomic E-state index is 6.17. The van der Waals surface area contributed by atoms with Crippen LogP contribution < -0.4 is 11.5 Å². The molecule has 0 unspecified atom stereocenters. The molecule has 94 valence electrons. The monoisotopic (exact) mass is 270 g/mol. The zero-order chi connectivity index (χ0) is 13.4. The molecule has 1 aromatic heterocycles. The summed E-state index contributed by atoms with van der Waals surface area (Å²) in [4.78, 5) is 8.78. The summed E-state index contributed by atoms with van der Waals surface area (Å²) in [5, 5.41) is 1.34. The fraction of sp³-hybridized carbons (Fsp3) is 0. The number of para-hydroxylation sites is 1. The smallest absolute Gasteiger partial charge is 0.163 e. The average Bonchev–Trinajstić information content (AvgIpc) is 2.38. The second-order valence-electron chi connectivity index (χ2n) is 4.19. The lowest BCUT2D eigenvalue weighted by atomic mass is 10.1. The number of hydrogen-bond acceptors (Lipinski definition) is 4. The summed E-state index contributed by atoms with van der Waals surface area (Å²) in [6.07, 6.45) is 0. The topological polar surface area (TPSA) is 77.8 Å². The van der Waals surface area contributed by atoms with Crippen LogP contribution >= 0.6 is 11.6 Å². The molecule has 0 aliphatic heterocycles. The largest absolute Gasteiger partial charge is 0.399 e. The van der Waals surface area contributed by atoms with Crippen molar-refractivity contribution in [3.05, 3.63) is 47.5 Å². The van der Waals surface area contributed by atoms with Gasteiger partial charge in [0.05, 0.1) is 10.5 Å². The predicted molar refractivity (Wildman–Crippen MR) is 78.8 cm³/mol. The van der Waals surface area contributed by atoms with Crippen molar-refractivity contribution >= 4 is 34.0 Å². The molecule has 0 spiro atoms. The highest BCUT2D eigenvalue weighted by molar-refractivity contribution is 6.33. The van der Waals surface area contributed by atoms with Crippen LogP contribution in [0.25, 0.3) is 22.3 Å². The maximum Gasteiger partial charge on any atom is 0.163 e. The Bertz CT molecular complexity index is 770. The maximum absolute atomic E-state index is 6.17. The number of hydrogen-bond donors (Lipinski definition) is 2. The van der Waals surface area contributed by atoms with Gasteiger partial charge in [-0.3, -0.25) is 0 Å². The summed E-state index contributed by atoms with van der Waals surface area (Å²) in [5.41, 5.74) is 13.7. The molecule has 0 aliphatic rings. The highest BCUT2D eigenvalue weighted by atomic mass is 35.5. The van der Waals surface area contributed by atoms with Gasteiger partial charge in [-0.05, 0) is 30.3 Å². The van der Waals surface area contributed by atoms with E-state index in [0.29, 0.717) is 27.9 Å². The number of nitrogens with zero attached hydrogens (tertiary/aromatic N) is 2. The lowest BCUT2D eigenvalue weighted by molar-refractivity contribution is 1.23. The van der Waals surface area contributed by atoms with Crippen molar-refractivity contribution in [2.75, 3.05) is 11.5 Å². The molecule has 5 heteroatoms. The van der Waals surface area contributed by atoms with Crippen LogP contribution in [-0.4, -0.2) is 9.97 Å². The molecule has 0 amide bonds. The van der Waals surface area contributed by atoms with Crippen molar-refractivity contribution < 1.29 is 0 Å². The first kappa shape index (κ1) is 11.7. The van der Waals surface area contributed by atoms with Gasteiger partial charge in [-0.15, -0.1) is 0 Å². The van der Waals surface area contributed by atoms with E-state index in [1.54, 1.807) is 18.2 Å². The van der Waals surface area contributed by atoms with Gasteiger partial charge in [0, 0.05) is 16.6 Å². The number of aromatic nitrogens is 2. The van der Waals surface area contributed by atoms with E-state index in [1.807, 2.05) is 24.3 Å². The molecule has 4 N–H and O–H groups in total. The number of fused-ring (bicyclic) bond motifs is 1. The van der Waals surface area contributed by atoms with Gasteiger partial charge in [-0.1, -0.05) is 23.7 Å². The molecule has 0 aliphatic carbocycles. The third-order valence-electron chi connectivity index (χ3n) is 2.87. The van der Waals surface area contributed by atoms with Crippen LogP contribution in [0, 0.1) is 0 Å².